The molecule has 0 aliphatic heterocycles. The van der Waals surface area contributed by atoms with Gasteiger partial charge in [-0.2, -0.15) is 5.26 Å². The number of hydrogen-bond donors (Lipinski definition) is 1. The third kappa shape index (κ3) is 3.23. The summed E-state index contributed by atoms with van der Waals surface area (Å²) in [5, 5.41) is 11.9. The van der Waals surface area contributed by atoms with Crippen LogP contribution in [0.4, 0.5) is 0 Å². The van der Waals surface area contributed by atoms with Crippen molar-refractivity contribution in [1.29, 1.82) is 5.26 Å². The Morgan fingerprint density at radius 3 is 2.38 bits per heavy atom. The first-order valence-corrected chi connectivity index (χ1v) is 6.21. The highest BCUT2D eigenvalue weighted by Crippen LogP contribution is 2.27. The fraction of sp³-hybridized carbons (Fsp3) is 0.846. The highest BCUT2D eigenvalue weighted by atomic mass is 16.2. The van der Waals surface area contributed by atoms with Crippen LogP contribution in [0.2, 0.25) is 0 Å². The van der Waals surface area contributed by atoms with E-state index in [-0.39, 0.29) is 11.9 Å². The standard InChI is InChI=1S/C13H22N2O/c1-4-10-5-7-11(8-6-10)15-12(16)13(2,3)9-14/h10-11H,4-8H2,1-3H3,(H,15,16). The number of nitrogens with zero attached hydrogens (tertiary/aromatic N) is 1. The van der Waals surface area contributed by atoms with Crippen LogP contribution in [-0.2, 0) is 4.79 Å². The Morgan fingerprint density at radius 2 is 1.94 bits per heavy atom. The molecule has 90 valence electrons. The average molecular weight is 222 g/mol. The second-order valence-corrected chi connectivity index (χ2v) is 5.34. The molecule has 0 aromatic rings. The summed E-state index contributed by atoms with van der Waals surface area (Å²) in [4.78, 5) is 11.8. The lowest BCUT2D eigenvalue weighted by atomic mass is 9.84. The van der Waals surface area contributed by atoms with Crippen LogP contribution in [0.25, 0.3) is 0 Å². The fourth-order valence-corrected chi connectivity index (χ4v) is 2.13. The van der Waals surface area contributed by atoms with Crippen molar-refractivity contribution in [3.8, 4) is 6.07 Å². The van der Waals surface area contributed by atoms with Crippen LogP contribution in [0.15, 0.2) is 0 Å². The van der Waals surface area contributed by atoms with Gasteiger partial charge in [0.2, 0.25) is 5.91 Å². The fourth-order valence-electron chi connectivity index (χ4n) is 2.13. The molecule has 0 unspecified atom stereocenters. The van der Waals surface area contributed by atoms with Crippen LogP contribution >= 0.6 is 0 Å². The first-order chi connectivity index (χ1) is 7.49. The second kappa shape index (κ2) is 5.34. The predicted octanol–water partition coefficient (Wildman–Crippen LogP) is 2.62. The molecule has 16 heavy (non-hydrogen) atoms. The molecule has 0 aromatic heterocycles. The van der Waals surface area contributed by atoms with Gasteiger partial charge in [-0.1, -0.05) is 13.3 Å². The Labute approximate surface area is 98.2 Å². The van der Waals surface area contributed by atoms with Gasteiger partial charge in [0.25, 0.3) is 0 Å². The van der Waals surface area contributed by atoms with Crippen LogP contribution in [0.1, 0.15) is 52.9 Å². The maximum Gasteiger partial charge on any atom is 0.240 e. The van der Waals surface area contributed by atoms with Gasteiger partial charge in [0.1, 0.15) is 5.41 Å². The molecule has 0 spiro atoms. The molecule has 0 atom stereocenters. The molecular weight excluding hydrogens is 200 g/mol. The molecule has 1 amide bonds. The number of amides is 1. The zero-order chi connectivity index (χ0) is 12.2. The van der Waals surface area contributed by atoms with E-state index in [1.165, 1.54) is 19.3 Å². The molecule has 0 radical (unpaired) electrons. The van der Waals surface area contributed by atoms with Gasteiger partial charge >= 0.3 is 0 Å². The van der Waals surface area contributed by atoms with Crippen molar-refractivity contribution in [3.05, 3.63) is 0 Å². The Hall–Kier alpha value is -1.04. The summed E-state index contributed by atoms with van der Waals surface area (Å²) in [6.07, 6.45) is 5.77. The van der Waals surface area contributed by atoms with Crippen molar-refractivity contribution >= 4 is 5.91 Å². The van der Waals surface area contributed by atoms with Gasteiger partial charge in [-0.25, -0.2) is 0 Å². The normalized spacial score (nSPS) is 25.9. The summed E-state index contributed by atoms with van der Waals surface area (Å²) in [6.45, 7) is 5.56. The molecule has 1 rings (SSSR count). The Balaban J connectivity index is 2.40. The van der Waals surface area contributed by atoms with Gasteiger partial charge in [-0.05, 0) is 45.4 Å². The summed E-state index contributed by atoms with van der Waals surface area (Å²) in [5.74, 6) is 0.701. The molecule has 0 heterocycles. The van der Waals surface area contributed by atoms with Gasteiger partial charge < -0.3 is 5.32 Å². The van der Waals surface area contributed by atoms with Crippen LogP contribution in [-0.4, -0.2) is 11.9 Å². The van der Waals surface area contributed by atoms with Gasteiger partial charge in [0.05, 0.1) is 6.07 Å². The van der Waals surface area contributed by atoms with Crippen molar-refractivity contribution in [2.45, 2.75) is 58.9 Å². The summed E-state index contributed by atoms with van der Waals surface area (Å²) >= 11 is 0. The van der Waals surface area contributed by atoms with Gasteiger partial charge in [0.15, 0.2) is 0 Å². The maximum absolute atomic E-state index is 11.8. The molecule has 1 fully saturated rings. The first kappa shape index (κ1) is 13.0. The zero-order valence-corrected chi connectivity index (χ0v) is 10.5. The maximum atomic E-state index is 11.8. The van der Waals surface area contributed by atoms with Crippen LogP contribution in [0, 0.1) is 22.7 Å². The Bertz CT molecular complexity index is 283. The van der Waals surface area contributed by atoms with E-state index in [1.54, 1.807) is 13.8 Å². The van der Waals surface area contributed by atoms with Crippen molar-refractivity contribution < 1.29 is 4.79 Å². The minimum atomic E-state index is -0.901. The van der Waals surface area contributed by atoms with E-state index in [0.717, 1.165) is 18.8 Å². The first-order valence-electron chi connectivity index (χ1n) is 6.21. The predicted molar refractivity (Wildman–Crippen MR) is 63.6 cm³/mol. The average Bonchev–Trinajstić information content (AvgIpc) is 2.30. The molecular formula is C13H22N2O. The number of nitrogens with one attached hydrogen (secondary N) is 1. The van der Waals surface area contributed by atoms with E-state index < -0.39 is 5.41 Å². The SMILES string of the molecule is CCC1CCC(NC(=O)C(C)(C)C#N)CC1. The van der Waals surface area contributed by atoms with E-state index in [4.69, 9.17) is 5.26 Å². The molecule has 1 N–H and O–H groups in total. The Kier molecular flexibility index (Phi) is 4.35. The van der Waals surface area contributed by atoms with E-state index in [2.05, 4.69) is 12.2 Å². The van der Waals surface area contributed by atoms with Crippen molar-refractivity contribution in [3.63, 3.8) is 0 Å². The molecule has 1 saturated carbocycles. The number of nitriles is 1. The van der Waals surface area contributed by atoms with E-state index in [9.17, 15) is 4.79 Å². The smallest absolute Gasteiger partial charge is 0.240 e. The number of hydrogen-bond acceptors (Lipinski definition) is 2. The molecule has 3 nitrogen and oxygen atoms in total. The number of carbonyl (C=O) groups excluding carboxylic acids is 1. The molecule has 0 saturated heterocycles. The van der Waals surface area contributed by atoms with Gasteiger partial charge in [0, 0.05) is 6.04 Å². The zero-order valence-electron chi connectivity index (χ0n) is 10.5. The number of rotatable bonds is 3. The lowest BCUT2D eigenvalue weighted by Gasteiger charge is -2.30. The van der Waals surface area contributed by atoms with Crippen molar-refractivity contribution in [1.82, 2.24) is 5.32 Å². The number of carbonyl (C=O) groups is 1. The Morgan fingerprint density at radius 1 is 1.38 bits per heavy atom. The minimum Gasteiger partial charge on any atom is -0.352 e. The molecule has 1 aliphatic rings. The monoisotopic (exact) mass is 222 g/mol. The summed E-state index contributed by atoms with van der Waals surface area (Å²) in [7, 11) is 0. The topological polar surface area (TPSA) is 52.9 Å². The van der Waals surface area contributed by atoms with Crippen LogP contribution in [0.5, 0.6) is 0 Å². The molecule has 1 aliphatic carbocycles. The minimum absolute atomic E-state index is 0.130. The van der Waals surface area contributed by atoms with E-state index >= 15 is 0 Å². The quantitative estimate of drug-likeness (QED) is 0.798. The second-order valence-electron chi connectivity index (χ2n) is 5.34. The van der Waals surface area contributed by atoms with E-state index in [0.29, 0.717) is 0 Å². The molecule has 0 aromatic carbocycles. The van der Waals surface area contributed by atoms with Gasteiger partial charge in [-0.3, -0.25) is 4.79 Å². The summed E-state index contributed by atoms with van der Waals surface area (Å²) in [6, 6.07) is 2.32. The van der Waals surface area contributed by atoms with Crippen LogP contribution < -0.4 is 5.32 Å². The molecule has 0 bridgehead atoms. The summed E-state index contributed by atoms with van der Waals surface area (Å²) in [5.41, 5.74) is -0.901. The lowest BCUT2D eigenvalue weighted by molar-refractivity contribution is -0.127. The van der Waals surface area contributed by atoms with Crippen molar-refractivity contribution in [2.24, 2.45) is 11.3 Å². The molecule has 3 heteroatoms. The summed E-state index contributed by atoms with van der Waals surface area (Å²) < 4.78 is 0. The largest absolute Gasteiger partial charge is 0.352 e. The lowest BCUT2D eigenvalue weighted by Crippen LogP contribution is -2.43. The third-order valence-electron chi connectivity index (χ3n) is 3.61. The third-order valence-corrected chi connectivity index (χ3v) is 3.61. The van der Waals surface area contributed by atoms with E-state index in [1.807, 2.05) is 6.07 Å². The van der Waals surface area contributed by atoms with Gasteiger partial charge in [-0.15, -0.1) is 0 Å². The highest BCUT2D eigenvalue weighted by Gasteiger charge is 2.30. The van der Waals surface area contributed by atoms with Crippen LogP contribution in [0.3, 0.4) is 0 Å². The van der Waals surface area contributed by atoms with Crippen molar-refractivity contribution in [2.75, 3.05) is 0 Å². The highest BCUT2D eigenvalue weighted by molar-refractivity contribution is 5.84.